The van der Waals surface area contributed by atoms with Crippen molar-refractivity contribution in [2.45, 2.75) is 4.90 Å². The van der Waals surface area contributed by atoms with Gasteiger partial charge in [0.15, 0.2) is 5.75 Å². The van der Waals surface area contributed by atoms with E-state index in [0.717, 1.165) is 0 Å². The lowest BCUT2D eigenvalue weighted by atomic mass is 10.3. The van der Waals surface area contributed by atoms with Crippen molar-refractivity contribution >= 4 is 33.3 Å². The summed E-state index contributed by atoms with van der Waals surface area (Å²) >= 11 is 6.07. The number of aliphatic imine (C=N–C) groups is 1. The third kappa shape index (κ3) is 2.60. The number of hydrogen-bond acceptors (Lipinski definition) is 4. The number of anilines is 1. The van der Waals surface area contributed by atoms with Gasteiger partial charge in [0.25, 0.3) is 10.0 Å². The smallest absolute Gasteiger partial charge is 0.266 e. The van der Waals surface area contributed by atoms with Gasteiger partial charge in [0.05, 0.1) is 5.02 Å². The number of nitrogens with zero attached hydrogens (tertiary/aromatic N) is 1. The largest absolute Gasteiger partial charge is 0.454 e. The van der Waals surface area contributed by atoms with Gasteiger partial charge in [-0.05, 0) is 24.3 Å². The molecular formula is C14H12ClN3O3S. The van der Waals surface area contributed by atoms with Crippen LogP contribution < -0.4 is 14.8 Å². The zero-order chi connectivity index (χ0) is 15.7. The summed E-state index contributed by atoms with van der Waals surface area (Å²) in [4.78, 5) is 3.93. The van der Waals surface area contributed by atoms with E-state index in [1.54, 1.807) is 36.4 Å². The molecule has 1 aliphatic heterocycles. The van der Waals surface area contributed by atoms with Crippen molar-refractivity contribution in [3.63, 3.8) is 0 Å². The highest BCUT2D eigenvalue weighted by atomic mass is 35.5. The fourth-order valence-electron chi connectivity index (χ4n) is 2.02. The Morgan fingerprint density at radius 3 is 2.55 bits per heavy atom. The maximum Gasteiger partial charge on any atom is 0.266 e. The molecule has 2 N–H and O–H groups in total. The second-order valence-electron chi connectivity index (χ2n) is 4.46. The van der Waals surface area contributed by atoms with Crippen LogP contribution in [0.1, 0.15) is 0 Å². The lowest BCUT2D eigenvalue weighted by molar-refractivity contribution is 0.483. The van der Waals surface area contributed by atoms with Gasteiger partial charge in [0.1, 0.15) is 16.3 Å². The van der Waals surface area contributed by atoms with Gasteiger partial charge < -0.3 is 10.1 Å². The minimum Gasteiger partial charge on any atom is -0.454 e. The van der Waals surface area contributed by atoms with Gasteiger partial charge in [-0.3, -0.25) is 4.99 Å². The Balaban J connectivity index is 2.10. The number of ether oxygens (including phenoxy) is 1. The van der Waals surface area contributed by atoms with E-state index in [1.165, 1.54) is 13.1 Å². The first-order chi connectivity index (χ1) is 10.5. The van der Waals surface area contributed by atoms with E-state index in [0.29, 0.717) is 22.2 Å². The number of fused-ring (bicyclic) bond motifs is 1. The van der Waals surface area contributed by atoms with Crippen molar-refractivity contribution in [1.82, 2.24) is 4.72 Å². The van der Waals surface area contributed by atoms with Gasteiger partial charge in [-0.25, -0.2) is 13.1 Å². The second-order valence-corrected chi connectivity index (χ2v) is 6.52. The lowest BCUT2D eigenvalue weighted by Crippen LogP contribution is -2.40. The molecule has 0 radical (unpaired) electrons. The van der Waals surface area contributed by atoms with Crippen molar-refractivity contribution < 1.29 is 13.2 Å². The Bertz CT molecular complexity index is 865. The Labute approximate surface area is 132 Å². The predicted molar refractivity (Wildman–Crippen MR) is 85.3 cm³/mol. The van der Waals surface area contributed by atoms with Crippen LogP contribution in [0, 0.1) is 0 Å². The summed E-state index contributed by atoms with van der Waals surface area (Å²) in [5.74, 6) is 0.907. The molecule has 0 aliphatic carbocycles. The van der Waals surface area contributed by atoms with Crippen LogP contribution in [0.4, 0.5) is 5.69 Å². The van der Waals surface area contributed by atoms with E-state index in [-0.39, 0.29) is 10.9 Å². The fourth-order valence-corrected chi connectivity index (χ4v) is 3.38. The van der Waals surface area contributed by atoms with Gasteiger partial charge >= 0.3 is 0 Å². The summed E-state index contributed by atoms with van der Waals surface area (Å²) in [5, 5.41) is 3.33. The molecule has 0 spiro atoms. The van der Waals surface area contributed by atoms with E-state index in [2.05, 4.69) is 15.0 Å². The maximum atomic E-state index is 12.2. The second kappa shape index (κ2) is 5.51. The standard InChI is InChI=1S/C14H12ClN3O3S/c1-16-14-17-13-11(21-10-6-3-2-5-9(10)15)7-4-8-12(13)22(19,20)18-14/h2-8H,1H3,(H2,16,17,18). The number of benzene rings is 2. The average molecular weight is 338 g/mol. The molecule has 0 saturated carbocycles. The highest BCUT2D eigenvalue weighted by molar-refractivity contribution is 7.90. The first-order valence-corrected chi connectivity index (χ1v) is 8.19. The van der Waals surface area contributed by atoms with E-state index in [4.69, 9.17) is 16.3 Å². The lowest BCUT2D eigenvalue weighted by Gasteiger charge is -2.23. The van der Waals surface area contributed by atoms with Crippen molar-refractivity contribution in [3.8, 4) is 11.5 Å². The number of hydrogen-bond donors (Lipinski definition) is 2. The molecule has 114 valence electrons. The predicted octanol–water partition coefficient (Wildman–Crippen LogP) is 2.82. The third-order valence-corrected chi connectivity index (χ3v) is 4.73. The number of nitrogens with one attached hydrogen (secondary N) is 2. The monoisotopic (exact) mass is 337 g/mol. The number of halogens is 1. The molecule has 0 amide bonds. The van der Waals surface area contributed by atoms with E-state index in [1.807, 2.05) is 0 Å². The molecule has 0 unspecified atom stereocenters. The number of para-hydroxylation sites is 2. The van der Waals surface area contributed by atoms with Gasteiger partial charge in [-0.2, -0.15) is 0 Å². The molecule has 8 heteroatoms. The molecule has 0 aromatic heterocycles. The average Bonchev–Trinajstić information content (AvgIpc) is 2.49. The van der Waals surface area contributed by atoms with E-state index in [9.17, 15) is 8.42 Å². The zero-order valence-electron chi connectivity index (χ0n) is 11.5. The molecule has 1 heterocycles. The maximum absolute atomic E-state index is 12.2. The van der Waals surface area contributed by atoms with Crippen molar-refractivity contribution in [3.05, 3.63) is 47.5 Å². The summed E-state index contributed by atoms with van der Waals surface area (Å²) in [5.41, 5.74) is 0.321. The normalized spacial score (nSPS) is 17.3. The molecular weight excluding hydrogens is 326 g/mol. The molecule has 6 nitrogen and oxygen atoms in total. The molecule has 0 saturated heterocycles. The topological polar surface area (TPSA) is 79.8 Å². The van der Waals surface area contributed by atoms with Crippen molar-refractivity contribution in [2.75, 3.05) is 12.4 Å². The molecule has 3 rings (SSSR count). The van der Waals surface area contributed by atoms with Crippen LogP contribution in [-0.4, -0.2) is 21.4 Å². The van der Waals surface area contributed by atoms with Gasteiger partial charge in [0.2, 0.25) is 5.96 Å². The number of sulfonamides is 1. The Morgan fingerprint density at radius 2 is 1.82 bits per heavy atom. The first kappa shape index (κ1) is 14.7. The summed E-state index contributed by atoms with van der Waals surface area (Å²) < 4.78 is 32.5. The van der Waals surface area contributed by atoms with Crippen LogP contribution >= 0.6 is 11.6 Å². The van der Waals surface area contributed by atoms with Gasteiger partial charge in [-0.15, -0.1) is 0 Å². The number of guanidine groups is 1. The van der Waals surface area contributed by atoms with Crippen LogP contribution in [0.5, 0.6) is 11.5 Å². The van der Waals surface area contributed by atoms with Crippen LogP contribution in [0.15, 0.2) is 52.4 Å². The Hall–Kier alpha value is -2.25. The van der Waals surface area contributed by atoms with Crippen LogP contribution in [-0.2, 0) is 10.0 Å². The highest BCUT2D eigenvalue weighted by Gasteiger charge is 2.29. The van der Waals surface area contributed by atoms with Crippen LogP contribution in [0.25, 0.3) is 0 Å². The molecule has 22 heavy (non-hydrogen) atoms. The first-order valence-electron chi connectivity index (χ1n) is 6.33. The fraction of sp³-hybridized carbons (Fsp3) is 0.0714. The minimum atomic E-state index is -3.68. The summed E-state index contributed by atoms with van der Waals surface area (Å²) in [6, 6.07) is 11.7. The molecule has 0 bridgehead atoms. The van der Waals surface area contributed by atoms with E-state index < -0.39 is 10.0 Å². The van der Waals surface area contributed by atoms with Crippen LogP contribution in [0.2, 0.25) is 5.02 Å². The van der Waals surface area contributed by atoms with Crippen molar-refractivity contribution in [2.24, 2.45) is 4.99 Å². The van der Waals surface area contributed by atoms with Crippen molar-refractivity contribution in [1.29, 1.82) is 0 Å². The minimum absolute atomic E-state index is 0.0875. The highest BCUT2D eigenvalue weighted by Crippen LogP contribution is 2.38. The molecule has 2 aromatic rings. The summed E-state index contributed by atoms with van der Waals surface area (Å²) in [7, 11) is -2.20. The molecule has 1 aliphatic rings. The zero-order valence-corrected chi connectivity index (χ0v) is 13.1. The van der Waals surface area contributed by atoms with E-state index >= 15 is 0 Å². The van der Waals surface area contributed by atoms with Gasteiger partial charge in [-0.1, -0.05) is 29.8 Å². The Morgan fingerprint density at radius 1 is 1.09 bits per heavy atom. The molecule has 0 atom stereocenters. The van der Waals surface area contributed by atoms with Gasteiger partial charge in [0, 0.05) is 7.05 Å². The third-order valence-electron chi connectivity index (χ3n) is 3.03. The molecule has 0 fully saturated rings. The Kier molecular flexibility index (Phi) is 3.67. The number of rotatable bonds is 2. The molecule has 2 aromatic carbocycles. The SMILES string of the molecule is CN=C1Nc2c(Oc3ccccc3Cl)cccc2S(=O)(=O)N1. The quantitative estimate of drug-likeness (QED) is 0.883. The summed E-state index contributed by atoms with van der Waals surface area (Å²) in [6.07, 6.45) is 0. The van der Waals surface area contributed by atoms with Crippen LogP contribution in [0.3, 0.4) is 0 Å². The summed E-state index contributed by atoms with van der Waals surface area (Å²) in [6.45, 7) is 0.